The number of methoxy groups -OCH3 is 1. The van der Waals surface area contributed by atoms with E-state index in [-0.39, 0.29) is 12.2 Å². The Morgan fingerprint density at radius 2 is 2.38 bits per heavy atom. The molecule has 0 bridgehead atoms. The molecule has 1 aliphatic rings. The Hall–Kier alpha value is -1.03. The molecule has 0 aliphatic carbocycles. The Labute approximate surface area is 78.1 Å². The fourth-order valence-corrected chi connectivity index (χ4v) is 1.24. The minimum atomic E-state index is -0.297. The first kappa shape index (κ1) is 10.1. The lowest BCUT2D eigenvalue weighted by Crippen LogP contribution is -2.45. The summed E-state index contributed by atoms with van der Waals surface area (Å²) < 4.78 is 10.0. The lowest BCUT2D eigenvalue weighted by Gasteiger charge is -2.32. The average molecular weight is 185 g/mol. The molecule has 1 heterocycles. The molecule has 0 N–H and O–H groups in total. The van der Waals surface area contributed by atoms with Crippen LogP contribution in [0.5, 0.6) is 0 Å². The van der Waals surface area contributed by atoms with Crippen molar-refractivity contribution in [2.24, 2.45) is 0 Å². The molecule has 1 aliphatic heterocycles. The third-order valence-electron chi connectivity index (χ3n) is 2.05. The molecule has 1 amide bonds. The van der Waals surface area contributed by atoms with Gasteiger partial charge in [0.15, 0.2) is 0 Å². The van der Waals surface area contributed by atoms with E-state index in [9.17, 15) is 4.79 Å². The number of carbonyl (C=O) groups is 1. The van der Waals surface area contributed by atoms with E-state index in [1.54, 1.807) is 4.90 Å². The second kappa shape index (κ2) is 4.28. The lowest BCUT2D eigenvalue weighted by atomic mass is 10.1. The van der Waals surface area contributed by atoms with Crippen LogP contribution in [0, 0.1) is 0 Å². The zero-order chi connectivity index (χ0) is 9.84. The van der Waals surface area contributed by atoms with Crippen molar-refractivity contribution < 1.29 is 14.3 Å². The number of hydrogen-bond acceptors (Lipinski definition) is 3. The Bertz CT molecular complexity index is 215. The number of rotatable bonds is 1. The molecule has 1 fully saturated rings. The largest absolute Gasteiger partial charge is 0.453 e. The molecule has 0 unspecified atom stereocenters. The van der Waals surface area contributed by atoms with Crippen LogP contribution >= 0.6 is 0 Å². The van der Waals surface area contributed by atoms with E-state index in [2.05, 4.69) is 11.3 Å². The van der Waals surface area contributed by atoms with Gasteiger partial charge in [-0.05, 0) is 6.92 Å². The van der Waals surface area contributed by atoms with E-state index in [1.807, 2.05) is 6.92 Å². The standard InChI is InChI=1S/C9H15NO3/c1-7(2)8-6-10(4-5-13-8)9(11)12-3/h8H,1,4-6H2,2-3H3/t8-/m1/s1. The molecular weight excluding hydrogens is 170 g/mol. The van der Waals surface area contributed by atoms with Crippen molar-refractivity contribution >= 4 is 6.09 Å². The van der Waals surface area contributed by atoms with Crippen molar-refractivity contribution in [1.82, 2.24) is 4.90 Å². The third kappa shape index (κ3) is 2.45. The summed E-state index contributed by atoms with van der Waals surface area (Å²) in [6.07, 6.45) is -0.345. The highest BCUT2D eigenvalue weighted by atomic mass is 16.5. The minimum absolute atomic E-state index is 0.0483. The minimum Gasteiger partial charge on any atom is -0.453 e. The number of nitrogens with zero attached hydrogens (tertiary/aromatic N) is 1. The molecule has 4 heteroatoms. The highest BCUT2D eigenvalue weighted by molar-refractivity contribution is 5.67. The molecule has 4 nitrogen and oxygen atoms in total. The van der Waals surface area contributed by atoms with Gasteiger partial charge < -0.3 is 14.4 Å². The zero-order valence-electron chi connectivity index (χ0n) is 8.08. The van der Waals surface area contributed by atoms with Gasteiger partial charge in [-0.25, -0.2) is 4.79 Å². The van der Waals surface area contributed by atoms with Crippen molar-refractivity contribution in [3.05, 3.63) is 12.2 Å². The SMILES string of the molecule is C=C(C)[C@H]1CN(C(=O)OC)CCO1. The van der Waals surface area contributed by atoms with Crippen molar-refractivity contribution in [1.29, 1.82) is 0 Å². The van der Waals surface area contributed by atoms with Crippen LogP contribution in [0.15, 0.2) is 12.2 Å². The van der Waals surface area contributed by atoms with E-state index in [0.717, 1.165) is 5.57 Å². The summed E-state index contributed by atoms with van der Waals surface area (Å²) in [6, 6.07) is 0. The van der Waals surface area contributed by atoms with E-state index in [4.69, 9.17) is 4.74 Å². The molecule has 0 spiro atoms. The van der Waals surface area contributed by atoms with Crippen molar-refractivity contribution in [2.75, 3.05) is 26.8 Å². The van der Waals surface area contributed by atoms with Crippen LogP contribution in [0.2, 0.25) is 0 Å². The number of ether oxygens (including phenoxy) is 2. The number of hydrogen-bond donors (Lipinski definition) is 0. The predicted molar refractivity (Wildman–Crippen MR) is 48.5 cm³/mol. The molecular formula is C9H15NO3. The second-order valence-electron chi connectivity index (χ2n) is 3.12. The van der Waals surface area contributed by atoms with E-state index in [1.165, 1.54) is 7.11 Å². The Morgan fingerprint density at radius 3 is 2.92 bits per heavy atom. The van der Waals surface area contributed by atoms with Gasteiger partial charge in [0, 0.05) is 6.54 Å². The molecule has 13 heavy (non-hydrogen) atoms. The molecule has 1 rings (SSSR count). The summed E-state index contributed by atoms with van der Waals surface area (Å²) in [6.45, 7) is 7.37. The van der Waals surface area contributed by atoms with Crippen LogP contribution in [0.3, 0.4) is 0 Å². The number of amides is 1. The Kier molecular flexibility index (Phi) is 3.31. The van der Waals surface area contributed by atoms with Gasteiger partial charge in [-0.3, -0.25) is 0 Å². The summed E-state index contributed by atoms with van der Waals surface area (Å²) in [4.78, 5) is 12.8. The van der Waals surface area contributed by atoms with E-state index < -0.39 is 0 Å². The van der Waals surface area contributed by atoms with Gasteiger partial charge in [-0.2, -0.15) is 0 Å². The topological polar surface area (TPSA) is 38.8 Å². The maximum atomic E-state index is 11.2. The van der Waals surface area contributed by atoms with Crippen LogP contribution < -0.4 is 0 Å². The fourth-order valence-electron chi connectivity index (χ4n) is 1.24. The Balaban J connectivity index is 2.51. The van der Waals surface area contributed by atoms with Crippen LogP contribution in [-0.4, -0.2) is 43.9 Å². The molecule has 0 saturated carbocycles. The van der Waals surface area contributed by atoms with Gasteiger partial charge in [-0.15, -0.1) is 0 Å². The zero-order valence-corrected chi connectivity index (χ0v) is 8.08. The third-order valence-corrected chi connectivity index (χ3v) is 2.05. The first-order valence-corrected chi connectivity index (χ1v) is 4.25. The number of morpholine rings is 1. The van der Waals surface area contributed by atoms with Gasteiger partial charge >= 0.3 is 6.09 Å². The van der Waals surface area contributed by atoms with Crippen LogP contribution in [0.1, 0.15) is 6.92 Å². The van der Waals surface area contributed by atoms with Gasteiger partial charge in [0.25, 0.3) is 0 Å². The summed E-state index contributed by atoms with van der Waals surface area (Å²) >= 11 is 0. The molecule has 1 saturated heterocycles. The van der Waals surface area contributed by atoms with Gasteiger partial charge in [0.05, 0.1) is 26.4 Å². The molecule has 0 aromatic rings. The quantitative estimate of drug-likeness (QED) is 0.573. The van der Waals surface area contributed by atoms with Gasteiger partial charge in [-0.1, -0.05) is 12.2 Å². The Morgan fingerprint density at radius 1 is 1.69 bits per heavy atom. The smallest absolute Gasteiger partial charge is 0.409 e. The fraction of sp³-hybridized carbons (Fsp3) is 0.667. The molecule has 1 atom stereocenters. The van der Waals surface area contributed by atoms with Crippen LogP contribution in [0.4, 0.5) is 4.79 Å². The van der Waals surface area contributed by atoms with Crippen LogP contribution in [-0.2, 0) is 9.47 Å². The first-order valence-electron chi connectivity index (χ1n) is 4.25. The van der Waals surface area contributed by atoms with Crippen molar-refractivity contribution in [3.8, 4) is 0 Å². The lowest BCUT2D eigenvalue weighted by molar-refractivity contribution is -0.00643. The van der Waals surface area contributed by atoms with Crippen molar-refractivity contribution in [3.63, 3.8) is 0 Å². The normalized spacial score (nSPS) is 22.6. The number of carbonyl (C=O) groups excluding carboxylic acids is 1. The summed E-state index contributed by atoms with van der Waals surface area (Å²) in [5, 5.41) is 0. The summed E-state index contributed by atoms with van der Waals surface area (Å²) in [7, 11) is 1.38. The molecule has 74 valence electrons. The predicted octanol–water partition coefficient (Wildman–Crippen LogP) is 1.03. The average Bonchev–Trinajstić information content (AvgIpc) is 2.17. The van der Waals surface area contributed by atoms with E-state index in [0.29, 0.717) is 19.7 Å². The molecule has 0 radical (unpaired) electrons. The highest BCUT2D eigenvalue weighted by Crippen LogP contribution is 2.12. The highest BCUT2D eigenvalue weighted by Gasteiger charge is 2.24. The summed E-state index contributed by atoms with van der Waals surface area (Å²) in [5.74, 6) is 0. The van der Waals surface area contributed by atoms with Crippen LogP contribution in [0.25, 0.3) is 0 Å². The molecule has 0 aromatic carbocycles. The summed E-state index contributed by atoms with van der Waals surface area (Å²) in [5.41, 5.74) is 0.939. The van der Waals surface area contributed by atoms with Gasteiger partial charge in [0.1, 0.15) is 0 Å². The monoisotopic (exact) mass is 185 g/mol. The van der Waals surface area contributed by atoms with Gasteiger partial charge in [0.2, 0.25) is 0 Å². The maximum Gasteiger partial charge on any atom is 0.409 e. The van der Waals surface area contributed by atoms with Crippen molar-refractivity contribution in [2.45, 2.75) is 13.0 Å². The maximum absolute atomic E-state index is 11.2. The second-order valence-corrected chi connectivity index (χ2v) is 3.12. The first-order chi connectivity index (χ1) is 6.15. The molecule has 0 aromatic heterocycles. The van der Waals surface area contributed by atoms with E-state index >= 15 is 0 Å².